The van der Waals surface area contributed by atoms with Crippen LogP contribution >= 0.6 is 0 Å². The van der Waals surface area contributed by atoms with Crippen molar-refractivity contribution in [1.82, 2.24) is 15.5 Å². The summed E-state index contributed by atoms with van der Waals surface area (Å²) < 4.78 is 5.60. The normalized spacial score (nSPS) is 10.5. The first-order chi connectivity index (χ1) is 9.70. The van der Waals surface area contributed by atoms with Crippen molar-refractivity contribution in [3.63, 3.8) is 0 Å². The molecule has 0 bridgehead atoms. The topological polar surface area (TPSA) is 68.0 Å². The number of rotatable bonds is 6. The van der Waals surface area contributed by atoms with Gasteiger partial charge in [0.1, 0.15) is 0 Å². The number of benzene rings is 1. The molecule has 1 aromatic heterocycles. The Kier molecular flexibility index (Phi) is 4.87. The fourth-order valence-electron chi connectivity index (χ4n) is 1.85. The molecule has 20 heavy (non-hydrogen) atoms. The van der Waals surface area contributed by atoms with Gasteiger partial charge in [0.2, 0.25) is 17.7 Å². The lowest BCUT2D eigenvalue weighted by Crippen LogP contribution is -2.24. The van der Waals surface area contributed by atoms with Crippen molar-refractivity contribution in [3.8, 4) is 11.5 Å². The van der Waals surface area contributed by atoms with Gasteiger partial charge in [-0.1, -0.05) is 25.1 Å². The third-order valence-electron chi connectivity index (χ3n) is 2.98. The zero-order valence-corrected chi connectivity index (χ0v) is 11.8. The van der Waals surface area contributed by atoms with E-state index in [-0.39, 0.29) is 5.91 Å². The predicted molar refractivity (Wildman–Crippen MR) is 76.1 cm³/mol. The Morgan fingerprint density at radius 2 is 2.10 bits per heavy atom. The molecule has 1 N–H and O–H groups in total. The summed E-state index contributed by atoms with van der Waals surface area (Å²) in [4.78, 5) is 11.5. The largest absolute Gasteiger partial charge is 0.421 e. The maximum absolute atomic E-state index is 11.5. The van der Waals surface area contributed by atoms with Crippen LogP contribution in [-0.4, -0.2) is 22.6 Å². The Bertz CT molecular complexity index is 578. The molecule has 5 heteroatoms. The zero-order valence-electron chi connectivity index (χ0n) is 11.8. The van der Waals surface area contributed by atoms with Crippen molar-refractivity contribution in [1.29, 1.82) is 0 Å². The maximum Gasteiger partial charge on any atom is 0.247 e. The summed E-state index contributed by atoms with van der Waals surface area (Å²) in [5.41, 5.74) is 2.02. The second kappa shape index (κ2) is 6.84. The first-order valence-electron chi connectivity index (χ1n) is 6.85. The number of carbonyl (C=O) groups is 1. The predicted octanol–water partition coefficient (Wildman–Crippen LogP) is 2.50. The molecule has 1 amide bonds. The first-order valence-corrected chi connectivity index (χ1v) is 6.85. The Balaban J connectivity index is 1.96. The molecule has 0 aliphatic carbocycles. The fraction of sp³-hybridized carbons (Fsp3) is 0.400. The molecule has 0 unspecified atom stereocenters. The monoisotopic (exact) mass is 273 g/mol. The van der Waals surface area contributed by atoms with Gasteiger partial charge in [0.15, 0.2) is 0 Å². The first kappa shape index (κ1) is 14.2. The van der Waals surface area contributed by atoms with Gasteiger partial charge in [0, 0.05) is 24.9 Å². The van der Waals surface area contributed by atoms with Crippen LogP contribution < -0.4 is 5.32 Å². The summed E-state index contributed by atoms with van der Waals surface area (Å²) in [6.45, 7) is 4.72. The minimum Gasteiger partial charge on any atom is -0.421 e. The van der Waals surface area contributed by atoms with Crippen LogP contribution in [-0.2, 0) is 11.2 Å². The minimum atomic E-state index is 0.0162. The highest BCUT2D eigenvalue weighted by molar-refractivity contribution is 5.75. The van der Waals surface area contributed by atoms with Gasteiger partial charge in [-0.3, -0.25) is 4.79 Å². The quantitative estimate of drug-likeness (QED) is 0.878. The lowest BCUT2D eigenvalue weighted by atomic mass is 10.1. The van der Waals surface area contributed by atoms with Crippen molar-refractivity contribution in [2.45, 2.75) is 33.1 Å². The molecular formula is C15H19N3O2. The minimum absolute atomic E-state index is 0.0162. The van der Waals surface area contributed by atoms with Crippen molar-refractivity contribution < 1.29 is 9.21 Å². The van der Waals surface area contributed by atoms with Gasteiger partial charge < -0.3 is 9.73 Å². The number of hydrogen-bond donors (Lipinski definition) is 1. The summed E-state index contributed by atoms with van der Waals surface area (Å²) in [6, 6.07) is 7.84. The number of nitrogens with zero attached hydrogens (tertiary/aromatic N) is 2. The number of aryl methyl sites for hydroxylation is 2. The van der Waals surface area contributed by atoms with E-state index in [1.54, 1.807) is 0 Å². The molecule has 0 aliphatic heterocycles. The van der Waals surface area contributed by atoms with Crippen LogP contribution in [0.2, 0.25) is 0 Å². The zero-order chi connectivity index (χ0) is 14.4. The van der Waals surface area contributed by atoms with E-state index in [1.165, 1.54) is 0 Å². The summed E-state index contributed by atoms with van der Waals surface area (Å²) in [6.07, 6.45) is 1.77. The van der Waals surface area contributed by atoms with Gasteiger partial charge in [-0.2, -0.15) is 0 Å². The Hall–Kier alpha value is -2.17. The average Bonchev–Trinajstić information content (AvgIpc) is 2.92. The smallest absolute Gasteiger partial charge is 0.247 e. The molecule has 0 radical (unpaired) electrons. The number of carbonyl (C=O) groups excluding carboxylic acids is 1. The average molecular weight is 273 g/mol. The van der Waals surface area contributed by atoms with E-state index in [1.807, 2.05) is 38.1 Å². The highest BCUT2D eigenvalue weighted by atomic mass is 16.4. The van der Waals surface area contributed by atoms with Crippen molar-refractivity contribution in [3.05, 3.63) is 35.7 Å². The molecule has 2 rings (SSSR count). The molecule has 0 saturated heterocycles. The molecule has 1 heterocycles. The van der Waals surface area contributed by atoms with Gasteiger partial charge in [-0.05, 0) is 25.0 Å². The molecular weight excluding hydrogens is 254 g/mol. The Labute approximate surface area is 118 Å². The van der Waals surface area contributed by atoms with Gasteiger partial charge in [0.05, 0.1) is 0 Å². The third kappa shape index (κ3) is 3.66. The molecule has 2 aromatic rings. The van der Waals surface area contributed by atoms with Crippen LogP contribution in [0.5, 0.6) is 0 Å². The number of aromatic nitrogens is 2. The molecule has 0 atom stereocenters. The SMILES string of the molecule is CCCNC(=O)CCc1nnc(-c2ccccc2C)o1. The molecule has 1 aromatic carbocycles. The highest BCUT2D eigenvalue weighted by Crippen LogP contribution is 2.21. The van der Waals surface area contributed by atoms with E-state index in [0.717, 1.165) is 17.5 Å². The number of amides is 1. The third-order valence-corrected chi connectivity index (χ3v) is 2.98. The molecule has 106 valence electrons. The summed E-state index contributed by atoms with van der Waals surface area (Å²) in [5.74, 6) is 1.02. The molecule has 0 saturated carbocycles. The van der Waals surface area contributed by atoms with E-state index in [9.17, 15) is 4.79 Å². The molecule has 0 fully saturated rings. The van der Waals surface area contributed by atoms with Crippen LogP contribution in [0.15, 0.2) is 28.7 Å². The standard InChI is InChI=1S/C15H19N3O2/c1-3-10-16-13(19)8-9-14-17-18-15(20-14)12-7-5-4-6-11(12)2/h4-7H,3,8-10H2,1-2H3,(H,16,19). The van der Waals surface area contributed by atoms with Crippen LogP contribution in [0.3, 0.4) is 0 Å². The van der Waals surface area contributed by atoms with Gasteiger partial charge in [0.25, 0.3) is 0 Å². The molecule has 5 nitrogen and oxygen atoms in total. The lowest BCUT2D eigenvalue weighted by molar-refractivity contribution is -0.121. The summed E-state index contributed by atoms with van der Waals surface area (Å²) in [5, 5.41) is 10.8. The van der Waals surface area contributed by atoms with Crippen LogP contribution in [0.25, 0.3) is 11.5 Å². The number of hydrogen-bond acceptors (Lipinski definition) is 4. The van der Waals surface area contributed by atoms with Crippen LogP contribution in [0.4, 0.5) is 0 Å². The summed E-state index contributed by atoms with van der Waals surface area (Å²) >= 11 is 0. The van der Waals surface area contributed by atoms with Gasteiger partial charge in [-0.15, -0.1) is 10.2 Å². The van der Waals surface area contributed by atoms with E-state index in [4.69, 9.17) is 4.42 Å². The maximum atomic E-state index is 11.5. The highest BCUT2D eigenvalue weighted by Gasteiger charge is 2.11. The van der Waals surface area contributed by atoms with Crippen LogP contribution in [0.1, 0.15) is 31.2 Å². The van der Waals surface area contributed by atoms with Crippen molar-refractivity contribution in [2.75, 3.05) is 6.54 Å². The lowest BCUT2D eigenvalue weighted by Gasteiger charge is -2.01. The van der Waals surface area contributed by atoms with E-state index in [2.05, 4.69) is 15.5 Å². The van der Waals surface area contributed by atoms with E-state index < -0.39 is 0 Å². The molecule has 0 spiro atoms. The molecule has 0 aliphatic rings. The van der Waals surface area contributed by atoms with Crippen molar-refractivity contribution in [2.24, 2.45) is 0 Å². The van der Waals surface area contributed by atoms with E-state index in [0.29, 0.717) is 31.2 Å². The summed E-state index contributed by atoms with van der Waals surface area (Å²) in [7, 11) is 0. The Morgan fingerprint density at radius 3 is 2.85 bits per heavy atom. The van der Waals surface area contributed by atoms with Crippen molar-refractivity contribution >= 4 is 5.91 Å². The fourth-order valence-corrected chi connectivity index (χ4v) is 1.85. The van der Waals surface area contributed by atoms with Crippen LogP contribution in [0, 0.1) is 6.92 Å². The van der Waals surface area contributed by atoms with Gasteiger partial charge >= 0.3 is 0 Å². The second-order valence-corrected chi connectivity index (χ2v) is 4.67. The van der Waals surface area contributed by atoms with Gasteiger partial charge in [-0.25, -0.2) is 0 Å². The van der Waals surface area contributed by atoms with E-state index >= 15 is 0 Å². The second-order valence-electron chi connectivity index (χ2n) is 4.67. The number of nitrogens with one attached hydrogen (secondary N) is 1. The Morgan fingerprint density at radius 1 is 1.30 bits per heavy atom.